The zero-order valence-electron chi connectivity index (χ0n) is 23.1. The summed E-state index contributed by atoms with van der Waals surface area (Å²) >= 11 is 0. The molecule has 1 fully saturated rings. The number of hydrogen-bond donors (Lipinski definition) is 2. The van der Waals surface area contributed by atoms with E-state index in [-0.39, 0.29) is 8.76 Å². The maximum absolute atomic E-state index is 12.2. The van der Waals surface area contributed by atoms with E-state index in [2.05, 4.69) is 75.1 Å². The number of carbonyl (C=O) groups is 1. The number of H-pyrrole nitrogens is 1. The van der Waals surface area contributed by atoms with E-state index in [0.29, 0.717) is 0 Å². The van der Waals surface area contributed by atoms with Crippen molar-refractivity contribution < 1.29 is 7.65 Å². The van der Waals surface area contributed by atoms with Crippen LogP contribution < -0.4 is 10.2 Å². The zero-order valence-corrected chi connectivity index (χ0v) is 23.1. The van der Waals surface area contributed by atoms with Gasteiger partial charge in [0, 0.05) is 82.6 Å². The number of anilines is 2. The molecule has 4 heterocycles. The molecule has 206 valence electrons. The molecule has 3 aromatic heterocycles. The number of piperazine rings is 1. The molecule has 0 atom stereocenters. The molecule has 2 N–H and O–H groups in total. The third-order valence-electron chi connectivity index (χ3n) is 7.72. The number of nitrogens with zero attached hydrogens (tertiary/aromatic N) is 5. The molecule has 8 nitrogen and oxygen atoms in total. The number of imidazole rings is 1. The van der Waals surface area contributed by atoms with Crippen molar-refractivity contribution in [3.8, 4) is 33.8 Å². The molecule has 2 aromatic carbocycles. The van der Waals surface area contributed by atoms with Gasteiger partial charge in [0.05, 0.1) is 5.69 Å². The van der Waals surface area contributed by atoms with Crippen molar-refractivity contribution in [2.24, 2.45) is 7.05 Å². The second-order valence-corrected chi connectivity index (χ2v) is 10.4. The second kappa shape index (κ2) is 10.5. The van der Waals surface area contributed by atoms with Crippen molar-refractivity contribution in [2.75, 3.05) is 43.4 Å². The molecule has 1 amide bonds. The maximum Gasteiger partial charge on any atom is 0.247 e. The Bertz CT molecular complexity index is 1720. The number of hydrogen-bond acceptors (Lipinski definition) is 5. The van der Waals surface area contributed by atoms with Crippen LogP contribution in [-0.2, 0) is 11.8 Å². The van der Waals surface area contributed by atoms with Gasteiger partial charge in [-0.1, -0.05) is 30.8 Å². The van der Waals surface area contributed by atoms with Crippen LogP contribution in [0.1, 0.15) is 8.42 Å². The summed E-state index contributed by atoms with van der Waals surface area (Å²) < 4.78 is 1.99. The molecule has 6 rings (SSSR count). The molecule has 5 aromatic rings. The minimum atomic E-state index is -0.238. The number of aromatic amines is 1. The van der Waals surface area contributed by atoms with E-state index in [9.17, 15) is 4.79 Å². The first-order valence-electron chi connectivity index (χ1n) is 13.5. The van der Waals surface area contributed by atoms with Crippen LogP contribution in [0.4, 0.5) is 11.4 Å². The Labute approximate surface area is 237 Å². The summed E-state index contributed by atoms with van der Waals surface area (Å²) in [7, 11) is 4.15. The van der Waals surface area contributed by atoms with Gasteiger partial charge in [-0.3, -0.25) is 4.79 Å². The summed E-state index contributed by atoms with van der Waals surface area (Å²) in [6.07, 6.45) is 6.86. The predicted octanol–water partition coefficient (Wildman–Crippen LogP) is 5.97. The lowest BCUT2D eigenvalue weighted by molar-refractivity contribution is -0.111. The summed E-state index contributed by atoms with van der Waals surface area (Å²) in [5.41, 5.74) is 8.75. The molecule has 40 heavy (non-hydrogen) atoms. The Hall–Kier alpha value is -4.69. The van der Waals surface area contributed by atoms with Crippen molar-refractivity contribution in [3.05, 3.63) is 85.3 Å². The van der Waals surface area contributed by atoms with Crippen LogP contribution in [0.15, 0.2) is 79.8 Å². The monoisotopic (exact) mass is 535 g/mol. The second-order valence-electron chi connectivity index (χ2n) is 10.4. The maximum atomic E-state index is 12.2. The number of carbonyl (C=O) groups excluding carboxylic acids is 1. The van der Waals surface area contributed by atoms with Crippen molar-refractivity contribution in [3.63, 3.8) is 0 Å². The van der Waals surface area contributed by atoms with E-state index < -0.39 is 0 Å². The molecular formula is C32H37N7O. The minimum Gasteiger partial charge on any atom is -0.369 e. The van der Waals surface area contributed by atoms with Crippen LogP contribution in [0.2, 0.25) is 0 Å². The topological polar surface area (TPSA) is 82.1 Å². The predicted molar refractivity (Wildman–Crippen MR) is 167 cm³/mol. The average Bonchev–Trinajstić information content (AvgIpc) is 3.57. The Kier molecular flexibility index (Phi) is 6.69. The van der Waals surface area contributed by atoms with Crippen LogP contribution in [-0.4, -0.2) is 63.6 Å². The Morgan fingerprint density at radius 3 is 2.45 bits per heavy atom. The van der Waals surface area contributed by atoms with Gasteiger partial charge in [0.1, 0.15) is 11.5 Å². The molecule has 1 aliphatic heterocycles. The highest BCUT2D eigenvalue weighted by atomic mass is 16.1. The van der Waals surface area contributed by atoms with Crippen LogP contribution >= 0.6 is 0 Å². The molecule has 0 spiro atoms. The highest BCUT2D eigenvalue weighted by Gasteiger charge is 2.20. The fraction of sp³-hybridized carbons (Fsp3) is 0.219. The molecule has 1 aliphatic rings. The third kappa shape index (κ3) is 4.78. The van der Waals surface area contributed by atoms with Gasteiger partial charge >= 0.3 is 0 Å². The summed E-state index contributed by atoms with van der Waals surface area (Å²) in [5, 5.41) is 3.94. The Balaban J connectivity index is 0.00000202. The summed E-state index contributed by atoms with van der Waals surface area (Å²) in [6.45, 7) is 9.76. The highest BCUT2D eigenvalue weighted by Crippen LogP contribution is 2.40. The molecule has 8 heteroatoms. The molecule has 0 bridgehead atoms. The highest BCUT2D eigenvalue weighted by molar-refractivity contribution is 6.05. The normalized spacial score (nSPS) is 14.0. The van der Waals surface area contributed by atoms with Crippen molar-refractivity contribution in [2.45, 2.75) is 6.92 Å². The van der Waals surface area contributed by atoms with Gasteiger partial charge in [-0.25, -0.2) is 9.97 Å². The number of likely N-dealkylation sites (N-methyl/N-ethyl adjacent to an activating group) is 1. The number of aromatic nitrogens is 4. The number of benzene rings is 2. The van der Waals surface area contributed by atoms with Gasteiger partial charge in [0.25, 0.3) is 0 Å². The van der Waals surface area contributed by atoms with Gasteiger partial charge in [0.2, 0.25) is 5.91 Å². The van der Waals surface area contributed by atoms with Crippen molar-refractivity contribution in [1.82, 2.24) is 24.4 Å². The van der Waals surface area contributed by atoms with E-state index in [0.717, 1.165) is 82.2 Å². The first kappa shape index (κ1) is 25.6. The first-order valence-corrected chi connectivity index (χ1v) is 13.5. The molecule has 0 radical (unpaired) electrons. The van der Waals surface area contributed by atoms with E-state index >= 15 is 0 Å². The van der Waals surface area contributed by atoms with Gasteiger partial charge in [-0.15, -0.1) is 0 Å². The molecular weight excluding hydrogens is 498 g/mol. The van der Waals surface area contributed by atoms with Crippen LogP contribution in [0.3, 0.4) is 0 Å². The largest absolute Gasteiger partial charge is 0.369 e. The van der Waals surface area contributed by atoms with E-state index in [1.54, 1.807) is 6.20 Å². The lowest BCUT2D eigenvalue weighted by atomic mass is 9.96. The standard InChI is InChI=1S/C32H33N7O.2H2/c1-5-28(40)35-27-19-23(7-6-21(27)2)29-26-18-24(32-33-12-13-38(32)4)20-34-31(26)36-30(29)22-8-10-25(11-9-22)39-16-14-37(3)15-17-39;;/h5-13,18-20H,1,14-17H2,2-4H3,(H,34,36)(H,35,40);2*1H. The smallest absolute Gasteiger partial charge is 0.247 e. The van der Waals surface area contributed by atoms with E-state index in [1.807, 2.05) is 43.1 Å². The van der Waals surface area contributed by atoms with Crippen molar-refractivity contribution >= 4 is 28.3 Å². The lowest BCUT2D eigenvalue weighted by Gasteiger charge is -2.34. The fourth-order valence-corrected chi connectivity index (χ4v) is 5.35. The van der Waals surface area contributed by atoms with Crippen LogP contribution in [0.25, 0.3) is 44.8 Å². The number of aryl methyl sites for hydroxylation is 2. The summed E-state index contributed by atoms with van der Waals surface area (Å²) in [5.74, 6) is 0.611. The Morgan fingerprint density at radius 2 is 1.75 bits per heavy atom. The van der Waals surface area contributed by atoms with E-state index in [4.69, 9.17) is 4.98 Å². The number of rotatable bonds is 6. The quantitative estimate of drug-likeness (QED) is 0.262. The first-order chi connectivity index (χ1) is 19.4. The van der Waals surface area contributed by atoms with Gasteiger partial charge in [-0.2, -0.15) is 0 Å². The van der Waals surface area contributed by atoms with Gasteiger partial charge in [-0.05, 0) is 61.0 Å². The Morgan fingerprint density at radius 1 is 1.00 bits per heavy atom. The third-order valence-corrected chi connectivity index (χ3v) is 7.72. The zero-order chi connectivity index (χ0) is 27.8. The van der Waals surface area contributed by atoms with Crippen molar-refractivity contribution in [1.29, 1.82) is 0 Å². The molecule has 0 unspecified atom stereocenters. The average molecular weight is 536 g/mol. The SMILES string of the molecule is C=CC(=O)Nc1cc(-c2c(-c3ccc(N4CCN(C)CC4)cc3)[nH]c3ncc(-c4nccn4C)cc23)ccc1C.[HH].[HH]. The number of fused-ring (bicyclic) bond motifs is 1. The van der Waals surface area contributed by atoms with Gasteiger partial charge < -0.3 is 24.7 Å². The lowest BCUT2D eigenvalue weighted by Crippen LogP contribution is -2.44. The number of nitrogens with one attached hydrogen (secondary N) is 2. The minimum absolute atomic E-state index is 0. The molecule has 0 aliphatic carbocycles. The number of pyridine rings is 1. The molecule has 1 saturated heterocycles. The summed E-state index contributed by atoms with van der Waals surface area (Å²) in [6, 6.07) is 17.0. The van der Waals surface area contributed by atoms with Crippen LogP contribution in [0.5, 0.6) is 0 Å². The fourth-order valence-electron chi connectivity index (χ4n) is 5.35. The van der Waals surface area contributed by atoms with Gasteiger partial charge in [0.15, 0.2) is 0 Å². The summed E-state index contributed by atoms with van der Waals surface area (Å²) in [4.78, 5) is 29.9. The molecule has 0 saturated carbocycles. The van der Waals surface area contributed by atoms with Crippen LogP contribution in [0, 0.1) is 6.92 Å². The van der Waals surface area contributed by atoms with E-state index in [1.165, 1.54) is 11.8 Å². The number of amides is 1.